The van der Waals surface area contributed by atoms with Crippen molar-refractivity contribution in [3.05, 3.63) is 70.3 Å². The summed E-state index contributed by atoms with van der Waals surface area (Å²) in [6.07, 6.45) is 5.10. The molecule has 38 heavy (non-hydrogen) atoms. The molecule has 0 aliphatic heterocycles. The molecule has 1 saturated carbocycles. The van der Waals surface area contributed by atoms with E-state index in [-0.39, 0.29) is 17.0 Å². The van der Waals surface area contributed by atoms with Crippen LogP contribution >= 0.6 is 0 Å². The van der Waals surface area contributed by atoms with E-state index in [2.05, 4.69) is 9.97 Å². The Kier molecular flexibility index (Phi) is 5.81. The van der Waals surface area contributed by atoms with Gasteiger partial charge >= 0.3 is 0 Å². The van der Waals surface area contributed by atoms with Crippen LogP contribution in [-0.2, 0) is 0 Å². The summed E-state index contributed by atoms with van der Waals surface area (Å²) in [5.41, 5.74) is 9.24. The van der Waals surface area contributed by atoms with Gasteiger partial charge in [0.2, 0.25) is 0 Å². The van der Waals surface area contributed by atoms with Gasteiger partial charge in [-0.25, -0.2) is 24.0 Å². The number of ether oxygens (including phenoxy) is 1. The first-order chi connectivity index (χ1) is 18.4. The molecule has 2 N–H and O–H groups in total. The molecular formula is C28H28FN7O2. The Labute approximate surface area is 218 Å². The van der Waals surface area contributed by atoms with Gasteiger partial charge in [0.05, 0.1) is 18.0 Å². The topological polar surface area (TPSA) is 114 Å². The number of nitrogens with two attached hydrogens (primary N) is 1. The largest absolute Gasteiger partial charge is 0.496 e. The van der Waals surface area contributed by atoms with Crippen LogP contribution in [0.4, 0.5) is 10.2 Å². The number of aryl methyl sites for hydroxylation is 1. The summed E-state index contributed by atoms with van der Waals surface area (Å²) in [4.78, 5) is 27.3. The zero-order chi connectivity index (χ0) is 26.6. The monoisotopic (exact) mass is 513 g/mol. The van der Waals surface area contributed by atoms with Crippen molar-refractivity contribution in [1.82, 2.24) is 29.3 Å². The van der Waals surface area contributed by atoms with Crippen LogP contribution < -0.4 is 16.0 Å². The Hall–Kier alpha value is -4.34. The van der Waals surface area contributed by atoms with Gasteiger partial charge < -0.3 is 10.5 Å². The fraction of sp³-hybridized carbons (Fsp3) is 0.321. The van der Waals surface area contributed by atoms with Gasteiger partial charge in [-0.1, -0.05) is 18.9 Å². The minimum atomic E-state index is -0.562. The second kappa shape index (κ2) is 9.20. The minimum Gasteiger partial charge on any atom is -0.496 e. The van der Waals surface area contributed by atoms with Crippen molar-refractivity contribution in [3.8, 4) is 17.0 Å². The number of rotatable bonds is 5. The first kappa shape index (κ1) is 24.0. The van der Waals surface area contributed by atoms with Crippen molar-refractivity contribution in [3.63, 3.8) is 0 Å². The molecule has 1 aliphatic rings. The van der Waals surface area contributed by atoms with Gasteiger partial charge in [0, 0.05) is 11.6 Å². The molecule has 10 heteroatoms. The number of nitrogens with zero attached hydrogens (tertiary/aromatic N) is 6. The average Bonchev–Trinajstić information content (AvgIpc) is 3.57. The van der Waals surface area contributed by atoms with E-state index in [0.717, 1.165) is 42.6 Å². The molecule has 1 fully saturated rings. The van der Waals surface area contributed by atoms with E-state index >= 15 is 0 Å². The summed E-state index contributed by atoms with van der Waals surface area (Å²) in [5, 5.41) is 5.58. The van der Waals surface area contributed by atoms with Gasteiger partial charge in [0.15, 0.2) is 5.65 Å². The second-order valence-electron chi connectivity index (χ2n) is 9.83. The molecule has 0 radical (unpaired) electrons. The zero-order valence-electron chi connectivity index (χ0n) is 21.5. The lowest BCUT2D eigenvalue weighted by Crippen LogP contribution is -2.31. The van der Waals surface area contributed by atoms with Crippen LogP contribution in [0.2, 0.25) is 0 Å². The number of halogens is 1. The van der Waals surface area contributed by atoms with E-state index < -0.39 is 11.9 Å². The molecular weight excluding hydrogens is 485 g/mol. The maximum absolute atomic E-state index is 14.8. The second-order valence-corrected chi connectivity index (χ2v) is 9.83. The van der Waals surface area contributed by atoms with Crippen LogP contribution in [-0.4, -0.2) is 36.4 Å². The predicted octanol–water partition coefficient (Wildman–Crippen LogP) is 4.97. The van der Waals surface area contributed by atoms with Crippen LogP contribution in [0.1, 0.15) is 56.1 Å². The number of benzene rings is 2. The molecule has 3 heterocycles. The summed E-state index contributed by atoms with van der Waals surface area (Å²) in [7, 11) is 1.63. The molecule has 2 aromatic carbocycles. The van der Waals surface area contributed by atoms with Crippen LogP contribution in [0, 0.1) is 12.7 Å². The highest BCUT2D eigenvalue weighted by molar-refractivity contribution is 5.98. The molecule has 3 aromatic heterocycles. The van der Waals surface area contributed by atoms with Crippen molar-refractivity contribution in [2.45, 2.75) is 51.6 Å². The lowest BCUT2D eigenvalue weighted by atomic mass is 10.1. The summed E-state index contributed by atoms with van der Waals surface area (Å²) in [5.74, 6) is 1.02. The lowest BCUT2D eigenvalue weighted by Gasteiger charge is -2.23. The summed E-state index contributed by atoms with van der Waals surface area (Å²) < 4.78 is 23.6. The summed E-state index contributed by atoms with van der Waals surface area (Å²) >= 11 is 0. The fourth-order valence-corrected chi connectivity index (χ4v) is 5.63. The molecule has 6 rings (SSSR count). The average molecular weight is 514 g/mol. The Balaban J connectivity index is 1.60. The van der Waals surface area contributed by atoms with E-state index in [1.54, 1.807) is 28.5 Å². The van der Waals surface area contributed by atoms with E-state index in [0.29, 0.717) is 33.9 Å². The van der Waals surface area contributed by atoms with Crippen molar-refractivity contribution in [2.75, 3.05) is 12.8 Å². The quantitative estimate of drug-likeness (QED) is 0.353. The molecule has 1 atom stereocenters. The fourth-order valence-electron chi connectivity index (χ4n) is 5.63. The number of hydrogen-bond donors (Lipinski definition) is 1. The minimum absolute atomic E-state index is 0.0154. The third-order valence-electron chi connectivity index (χ3n) is 7.52. The van der Waals surface area contributed by atoms with Gasteiger partial charge in [-0.3, -0.25) is 9.36 Å². The highest BCUT2D eigenvalue weighted by Gasteiger charge is 2.29. The van der Waals surface area contributed by atoms with Crippen LogP contribution in [0.5, 0.6) is 5.75 Å². The van der Waals surface area contributed by atoms with E-state index in [4.69, 9.17) is 20.6 Å². The maximum Gasteiger partial charge on any atom is 0.264 e. The maximum atomic E-state index is 14.8. The molecule has 0 spiro atoms. The molecule has 1 aliphatic carbocycles. The standard InChI is InChI=1S/C28H28FN7O2/c1-15-13-17(11-12-21(15)38-3)24-23-25(30)31-14-32-27(23)36(34-24)16(2)26-33-20-10-6-9-19(29)22(20)28(37)35(26)18-7-4-5-8-18/h6,9-14,16,18H,4-5,7-8H2,1-3H3,(H2,30,31,32). The van der Waals surface area contributed by atoms with E-state index in [9.17, 15) is 9.18 Å². The van der Waals surface area contributed by atoms with Gasteiger partial charge in [-0.15, -0.1) is 0 Å². The van der Waals surface area contributed by atoms with Crippen molar-refractivity contribution >= 4 is 27.8 Å². The molecule has 5 aromatic rings. The molecule has 9 nitrogen and oxygen atoms in total. The third kappa shape index (κ3) is 3.70. The summed E-state index contributed by atoms with van der Waals surface area (Å²) in [6.45, 7) is 3.88. The molecule has 194 valence electrons. The number of anilines is 1. The van der Waals surface area contributed by atoms with Gasteiger partial charge in [-0.2, -0.15) is 5.10 Å². The molecule has 0 amide bonds. The first-order valence-corrected chi connectivity index (χ1v) is 12.7. The van der Waals surface area contributed by atoms with E-state index in [1.165, 1.54) is 12.4 Å². The Morgan fingerprint density at radius 3 is 2.66 bits per heavy atom. The Bertz CT molecular complexity index is 1750. The van der Waals surface area contributed by atoms with Crippen molar-refractivity contribution < 1.29 is 9.13 Å². The Morgan fingerprint density at radius 2 is 1.92 bits per heavy atom. The zero-order valence-corrected chi connectivity index (χ0v) is 21.5. The van der Waals surface area contributed by atoms with Crippen molar-refractivity contribution in [1.29, 1.82) is 0 Å². The third-order valence-corrected chi connectivity index (χ3v) is 7.52. The predicted molar refractivity (Wildman–Crippen MR) is 144 cm³/mol. The highest BCUT2D eigenvalue weighted by atomic mass is 19.1. The van der Waals surface area contributed by atoms with Crippen LogP contribution in [0.25, 0.3) is 33.2 Å². The summed E-state index contributed by atoms with van der Waals surface area (Å²) in [6, 6.07) is 9.77. The van der Waals surface area contributed by atoms with Gasteiger partial charge in [0.1, 0.15) is 46.7 Å². The van der Waals surface area contributed by atoms with E-state index in [1.807, 2.05) is 32.0 Å². The number of fused-ring (bicyclic) bond motifs is 2. The molecule has 0 bridgehead atoms. The molecule has 1 unspecified atom stereocenters. The number of hydrogen-bond acceptors (Lipinski definition) is 7. The first-order valence-electron chi connectivity index (χ1n) is 12.7. The SMILES string of the molecule is COc1ccc(-c2nn(C(C)c3nc4cccc(F)c4c(=O)n3C3CCCC3)c3ncnc(N)c23)cc1C. The van der Waals surface area contributed by atoms with Crippen LogP contribution in [0.3, 0.4) is 0 Å². The van der Waals surface area contributed by atoms with Gasteiger partial charge in [0.25, 0.3) is 5.56 Å². The Morgan fingerprint density at radius 1 is 1.13 bits per heavy atom. The van der Waals surface area contributed by atoms with Crippen molar-refractivity contribution in [2.24, 2.45) is 0 Å². The lowest BCUT2D eigenvalue weighted by molar-refractivity contribution is 0.412. The number of methoxy groups -OCH3 is 1. The normalized spacial score (nSPS) is 14.9. The van der Waals surface area contributed by atoms with Crippen LogP contribution in [0.15, 0.2) is 47.5 Å². The van der Waals surface area contributed by atoms with Gasteiger partial charge in [-0.05, 0) is 62.6 Å². The number of nitrogen functional groups attached to an aromatic ring is 1. The molecule has 0 saturated heterocycles. The number of aromatic nitrogens is 6. The smallest absolute Gasteiger partial charge is 0.264 e. The highest BCUT2D eigenvalue weighted by Crippen LogP contribution is 2.36.